The molecule has 0 aliphatic carbocycles. The van der Waals surface area contributed by atoms with Gasteiger partial charge in [0.25, 0.3) is 5.91 Å². The number of rotatable bonds is 5. The van der Waals surface area contributed by atoms with Gasteiger partial charge in [0.1, 0.15) is 0 Å². The molecule has 0 saturated carbocycles. The van der Waals surface area contributed by atoms with Crippen LogP contribution < -0.4 is 20.7 Å². The zero-order valence-corrected chi connectivity index (χ0v) is 16.9. The van der Waals surface area contributed by atoms with E-state index in [0.29, 0.717) is 32.3 Å². The maximum absolute atomic E-state index is 12.0. The number of carbonyl (C=O) groups is 1. The number of ether oxygens (including phenoxy) is 1. The van der Waals surface area contributed by atoms with Gasteiger partial charge < -0.3 is 25.1 Å². The second kappa shape index (κ2) is 8.97. The lowest BCUT2D eigenvalue weighted by molar-refractivity contribution is 0.0996. The average Bonchev–Trinajstić information content (AvgIpc) is 3.18. The van der Waals surface area contributed by atoms with Gasteiger partial charge in [-0.05, 0) is 60.7 Å². The molecule has 0 aliphatic heterocycles. The Labute approximate surface area is 176 Å². The van der Waals surface area contributed by atoms with Crippen LogP contribution in [-0.4, -0.2) is 18.1 Å². The summed E-state index contributed by atoms with van der Waals surface area (Å²) in [6, 6.07) is 13.6. The fourth-order valence-corrected chi connectivity index (χ4v) is 3.23. The molecule has 1 aromatic heterocycles. The normalized spacial score (nSPS) is 10.2. The Morgan fingerprint density at radius 3 is 2.07 bits per heavy atom. The van der Waals surface area contributed by atoms with Crippen molar-refractivity contribution >= 4 is 63.5 Å². The van der Waals surface area contributed by atoms with Gasteiger partial charge in [0.15, 0.2) is 16.6 Å². The molecule has 0 saturated heterocycles. The molecule has 2 aromatic carbocycles. The summed E-state index contributed by atoms with van der Waals surface area (Å²) in [7, 11) is 1.49. The highest BCUT2D eigenvalue weighted by molar-refractivity contribution is 7.80. The van der Waals surface area contributed by atoms with E-state index >= 15 is 0 Å². The van der Waals surface area contributed by atoms with Crippen molar-refractivity contribution in [3.8, 4) is 5.75 Å². The van der Waals surface area contributed by atoms with Gasteiger partial charge in [-0.2, -0.15) is 0 Å². The van der Waals surface area contributed by atoms with Gasteiger partial charge in [0, 0.05) is 17.1 Å². The fourth-order valence-electron chi connectivity index (χ4n) is 2.36. The Bertz CT molecular complexity index is 969. The Hall–Kier alpha value is -2.74. The van der Waals surface area contributed by atoms with Crippen LogP contribution in [0.5, 0.6) is 5.75 Å². The molecular weight excluding hydrogens is 421 g/mol. The number of amides is 1. The molecule has 0 aliphatic rings. The van der Waals surface area contributed by atoms with Crippen LogP contribution in [0, 0.1) is 0 Å². The number of anilines is 3. The van der Waals surface area contributed by atoms with Crippen molar-refractivity contribution in [3.63, 3.8) is 0 Å². The minimum atomic E-state index is -0.323. The lowest BCUT2D eigenvalue weighted by Crippen LogP contribution is -2.19. The number of furan rings is 1. The van der Waals surface area contributed by atoms with Crippen molar-refractivity contribution in [2.45, 2.75) is 0 Å². The van der Waals surface area contributed by atoms with Crippen LogP contribution in [0.3, 0.4) is 0 Å². The van der Waals surface area contributed by atoms with Gasteiger partial charge in [-0.3, -0.25) is 4.79 Å². The molecule has 3 N–H and O–H groups in total. The number of carbonyl (C=O) groups excluding carboxylic acids is 1. The Balaban J connectivity index is 1.59. The summed E-state index contributed by atoms with van der Waals surface area (Å²) >= 11 is 17.5. The third-order valence-corrected chi connectivity index (χ3v) is 4.37. The van der Waals surface area contributed by atoms with Crippen LogP contribution in [0.15, 0.2) is 59.2 Å². The van der Waals surface area contributed by atoms with Crippen LogP contribution in [0.2, 0.25) is 10.0 Å². The number of nitrogens with one attached hydrogen (secondary N) is 3. The van der Waals surface area contributed by atoms with Crippen molar-refractivity contribution in [1.29, 1.82) is 0 Å². The van der Waals surface area contributed by atoms with E-state index in [1.54, 1.807) is 48.5 Å². The molecule has 9 heteroatoms. The Kier molecular flexibility index (Phi) is 6.41. The largest absolute Gasteiger partial charge is 0.494 e. The standard InChI is InChI=1S/C19H15Cl2N3O3S/c1-26-17-14(20)9-13(10-15(17)21)24-19(28)23-12-6-4-11(5-7-12)22-18(25)16-3-2-8-27-16/h2-10H,1H3,(H,22,25)(H2,23,24,28). The summed E-state index contributed by atoms with van der Waals surface area (Å²) in [5, 5.41) is 9.87. The first-order valence-electron chi connectivity index (χ1n) is 8.02. The van der Waals surface area contributed by atoms with Gasteiger partial charge in [0.05, 0.1) is 23.4 Å². The van der Waals surface area contributed by atoms with E-state index in [9.17, 15) is 4.79 Å². The predicted molar refractivity (Wildman–Crippen MR) is 116 cm³/mol. The molecule has 3 rings (SSSR count). The highest BCUT2D eigenvalue weighted by atomic mass is 35.5. The minimum Gasteiger partial charge on any atom is -0.494 e. The third kappa shape index (κ3) is 4.95. The second-order valence-corrected chi connectivity index (χ2v) is 6.78. The van der Waals surface area contributed by atoms with Crippen LogP contribution in [0.4, 0.5) is 17.1 Å². The van der Waals surface area contributed by atoms with Gasteiger partial charge in [-0.15, -0.1) is 0 Å². The molecule has 28 heavy (non-hydrogen) atoms. The number of methoxy groups -OCH3 is 1. The summed E-state index contributed by atoms with van der Waals surface area (Å²) in [5.74, 6) is 0.320. The summed E-state index contributed by atoms with van der Waals surface area (Å²) in [5.41, 5.74) is 1.98. The molecule has 0 bridgehead atoms. The number of thiocarbonyl (C=S) groups is 1. The minimum absolute atomic E-state index is 0.240. The van der Waals surface area contributed by atoms with E-state index in [1.165, 1.54) is 13.4 Å². The van der Waals surface area contributed by atoms with Crippen molar-refractivity contribution in [2.24, 2.45) is 0 Å². The average molecular weight is 436 g/mol. The Morgan fingerprint density at radius 2 is 1.54 bits per heavy atom. The van der Waals surface area contributed by atoms with Gasteiger partial charge in [0.2, 0.25) is 0 Å². The topological polar surface area (TPSA) is 75.5 Å². The summed E-state index contributed by atoms with van der Waals surface area (Å²) in [6.07, 6.45) is 1.44. The molecular formula is C19H15Cl2N3O3S. The maximum Gasteiger partial charge on any atom is 0.291 e. The van der Waals surface area contributed by atoms with E-state index in [0.717, 1.165) is 5.69 Å². The van der Waals surface area contributed by atoms with Crippen LogP contribution in [-0.2, 0) is 0 Å². The summed E-state index contributed by atoms with van der Waals surface area (Å²) in [6.45, 7) is 0. The van der Waals surface area contributed by atoms with Crippen LogP contribution in [0.25, 0.3) is 0 Å². The van der Waals surface area contributed by atoms with Crippen molar-refractivity contribution in [3.05, 3.63) is 70.6 Å². The first-order chi connectivity index (χ1) is 13.5. The molecule has 6 nitrogen and oxygen atoms in total. The third-order valence-electron chi connectivity index (χ3n) is 3.61. The lowest BCUT2D eigenvalue weighted by Gasteiger charge is -2.13. The summed E-state index contributed by atoms with van der Waals surface area (Å²) < 4.78 is 10.2. The molecule has 0 spiro atoms. The van der Waals surface area contributed by atoms with Gasteiger partial charge >= 0.3 is 0 Å². The second-order valence-electron chi connectivity index (χ2n) is 5.56. The van der Waals surface area contributed by atoms with Crippen molar-refractivity contribution < 1.29 is 13.9 Å². The molecule has 1 heterocycles. The highest BCUT2D eigenvalue weighted by Crippen LogP contribution is 2.35. The highest BCUT2D eigenvalue weighted by Gasteiger charge is 2.10. The SMILES string of the molecule is COc1c(Cl)cc(NC(=S)Nc2ccc(NC(=O)c3ccco3)cc2)cc1Cl. The predicted octanol–water partition coefficient (Wildman–Crippen LogP) is 5.66. The molecule has 144 valence electrons. The van der Waals surface area contributed by atoms with Crippen LogP contribution in [0.1, 0.15) is 10.6 Å². The summed E-state index contributed by atoms with van der Waals surface area (Å²) in [4.78, 5) is 12.0. The number of hydrogen-bond donors (Lipinski definition) is 3. The number of benzene rings is 2. The van der Waals surface area contributed by atoms with E-state index in [2.05, 4.69) is 16.0 Å². The van der Waals surface area contributed by atoms with Crippen molar-refractivity contribution in [1.82, 2.24) is 0 Å². The van der Waals surface area contributed by atoms with E-state index in [4.69, 9.17) is 44.6 Å². The van der Waals surface area contributed by atoms with E-state index in [1.807, 2.05) is 0 Å². The number of halogens is 2. The zero-order chi connectivity index (χ0) is 20.1. The molecule has 1 amide bonds. The quantitative estimate of drug-likeness (QED) is 0.449. The van der Waals surface area contributed by atoms with Gasteiger partial charge in [-0.1, -0.05) is 23.2 Å². The fraction of sp³-hybridized carbons (Fsp3) is 0.0526. The first kappa shape index (κ1) is 20.0. The molecule has 3 aromatic rings. The zero-order valence-electron chi connectivity index (χ0n) is 14.6. The maximum atomic E-state index is 12.0. The van der Waals surface area contributed by atoms with Crippen molar-refractivity contribution in [2.75, 3.05) is 23.1 Å². The van der Waals surface area contributed by atoms with Crippen LogP contribution >= 0.6 is 35.4 Å². The molecule has 0 unspecified atom stereocenters. The van der Waals surface area contributed by atoms with Gasteiger partial charge in [-0.25, -0.2) is 0 Å². The lowest BCUT2D eigenvalue weighted by atomic mass is 10.2. The molecule has 0 radical (unpaired) electrons. The number of hydrogen-bond acceptors (Lipinski definition) is 4. The smallest absolute Gasteiger partial charge is 0.291 e. The first-order valence-corrected chi connectivity index (χ1v) is 9.18. The van der Waals surface area contributed by atoms with E-state index < -0.39 is 0 Å². The Morgan fingerprint density at radius 1 is 0.964 bits per heavy atom. The molecule has 0 atom stereocenters. The molecule has 0 fully saturated rings. The monoisotopic (exact) mass is 435 g/mol. The van der Waals surface area contributed by atoms with E-state index in [-0.39, 0.29) is 11.7 Å².